The number of aromatic amines is 1. The molecule has 1 aromatic heterocycles. The molecular formula is C17H26N2S. The molecule has 0 unspecified atom stereocenters. The molecule has 2 aliphatic carbocycles. The molecule has 1 N–H and O–H groups in total. The quantitative estimate of drug-likeness (QED) is 0.576. The van der Waals surface area contributed by atoms with Gasteiger partial charge in [-0.2, -0.15) is 0 Å². The van der Waals surface area contributed by atoms with Crippen LogP contribution in [0.4, 0.5) is 0 Å². The number of rotatable bonds is 1. The minimum atomic E-state index is 0.513. The van der Waals surface area contributed by atoms with Crippen molar-refractivity contribution in [2.45, 2.75) is 77.6 Å². The summed E-state index contributed by atoms with van der Waals surface area (Å²) in [6.45, 7) is 4.77. The van der Waals surface area contributed by atoms with Crippen molar-refractivity contribution in [3.8, 4) is 0 Å². The van der Waals surface area contributed by atoms with Crippen LogP contribution < -0.4 is 0 Å². The van der Waals surface area contributed by atoms with E-state index in [2.05, 4.69) is 18.8 Å². The van der Waals surface area contributed by atoms with Crippen LogP contribution in [0.1, 0.15) is 81.8 Å². The Morgan fingerprint density at radius 3 is 2.55 bits per heavy atom. The van der Waals surface area contributed by atoms with E-state index in [1.807, 2.05) is 0 Å². The maximum Gasteiger partial charge on any atom is 0.133 e. The Morgan fingerprint density at radius 2 is 1.80 bits per heavy atom. The molecule has 0 saturated heterocycles. The molecule has 1 aromatic rings. The summed E-state index contributed by atoms with van der Waals surface area (Å²) in [5.74, 6) is 1.77. The van der Waals surface area contributed by atoms with Crippen LogP contribution in [0.2, 0.25) is 0 Å². The number of fused-ring (bicyclic) bond motifs is 1. The first-order valence-corrected chi connectivity index (χ1v) is 8.58. The third-order valence-corrected chi connectivity index (χ3v) is 5.54. The van der Waals surface area contributed by atoms with E-state index in [-0.39, 0.29) is 0 Å². The Morgan fingerprint density at radius 1 is 1.10 bits per heavy atom. The molecule has 20 heavy (non-hydrogen) atoms. The van der Waals surface area contributed by atoms with Crippen molar-refractivity contribution in [3.63, 3.8) is 0 Å². The molecular weight excluding hydrogens is 264 g/mol. The molecule has 1 heterocycles. The maximum atomic E-state index is 5.57. The summed E-state index contributed by atoms with van der Waals surface area (Å²) in [5, 5.41) is 0. The largest absolute Gasteiger partial charge is 0.347 e. The summed E-state index contributed by atoms with van der Waals surface area (Å²) in [6, 6.07) is 0. The fourth-order valence-corrected chi connectivity index (χ4v) is 4.01. The van der Waals surface area contributed by atoms with Gasteiger partial charge >= 0.3 is 0 Å². The Hall–Kier alpha value is -0.700. The predicted octanol–water partition coefficient (Wildman–Crippen LogP) is 5.09. The normalized spacial score (nSPS) is 23.1. The van der Waals surface area contributed by atoms with Crippen LogP contribution in [0.5, 0.6) is 0 Å². The molecule has 0 radical (unpaired) electrons. The first-order valence-electron chi connectivity index (χ1n) is 8.17. The van der Waals surface area contributed by atoms with Crippen LogP contribution in [-0.2, 0) is 12.8 Å². The van der Waals surface area contributed by atoms with E-state index < -0.39 is 0 Å². The number of aromatic nitrogens is 2. The van der Waals surface area contributed by atoms with Crippen molar-refractivity contribution in [3.05, 3.63) is 21.7 Å². The van der Waals surface area contributed by atoms with E-state index in [0.29, 0.717) is 11.3 Å². The lowest BCUT2D eigenvalue weighted by atomic mass is 9.73. The van der Waals surface area contributed by atoms with Gasteiger partial charge < -0.3 is 4.98 Å². The predicted molar refractivity (Wildman–Crippen MR) is 85.7 cm³/mol. The van der Waals surface area contributed by atoms with Crippen LogP contribution in [0, 0.1) is 10.1 Å². The number of nitrogens with one attached hydrogen (secondary N) is 1. The van der Waals surface area contributed by atoms with E-state index in [4.69, 9.17) is 17.2 Å². The summed E-state index contributed by atoms with van der Waals surface area (Å²) < 4.78 is 0.875. The van der Waals surface area contributed by atoms with Gasteiger partial charge in [0.15, 0.2) is 0 Å². The second kappa shape index (κ2) is 5.59. The van der Waals surface area contributed by atoms with Crippen LogP contribution in [0.15, 0.2) is 0 Å². The molecule has 0 atom stereocenters. The lowest BCUT2D eigenvalue weighted by Gasteiger charge is -2.34. The molecule has 0 aromatic carbocycles. The van der Waals surface area contributed by atoms with Crippen molar-refractivity contribution in [2.75, 3.05) is 0 Å². The molecule has 2 aliphatic rings. The number of aryl methyl sites for hydroxylation is 1. The molecule has 110 valence electrons. The number of hydrogen-bond donors (Lipinski definition) is 1. The average Bonchev–Trinajstić information content (AvgIpc) is 2.64. The van der Waals surface area contributed by atoms with E-state index in [1.54, 1.807) is 0 Å². The lowest BCUT2D eigenvalue weighted by molar-refractivity contribution is 0.220. The fourth-order valence-electron chi connectivity index (χ4n) is 3.68. The number of hydrogen-bond acceptors (Lipinski definition) is 2. The van der Waals surface area contributed by atoms with Crippen LogP contribution in [-0.4, -0.2) is 9.97 Å². The van der Waals surface area contributed by atoms with Gasteiger partial charge in [0, 0.05) is 17.2 Å². The van der Waals surface area contributed by atoms with Crippen molar-refractivity contribution in [2.24, 2.45) is 5.41 Å². The van der Waals surface area contributed by atoms with E-state index >= 15 is 0 Å². The van der Waals surface area contributed by atoms with Crippen LogP contribution in [0.3, 0.4) is 0 Å². The van der Waals surface area contributed by atoms with Gasteiger partial charge in [0.2, 0.25) is 0 Å². The van der Waals surface area contributed by atoms with Crippen LogP contribution >= 0.6 is 12.2 Å². The Balaban J connectivity index is 1.86. The van der Waals surface area contributed by atoms with Gasteiger partial charge in [-0.15, -0.1) is 0 Å². The summed E-state index contributed by atoms with van der Waals surface area (Å²) >= 11 is 5.57. The maximum absolute atomic E-state index is 5.57. The Kier molecular flexibility index (Phi) is 3.98. The minimum absolute atomic E-state index is 0.513. The molecule has 0 spiro atoms. The highest BCUT2D eigenvalue weighted by Gasteiger charge is 2.29. The summed E-state index contributed by atoms with van der Waals surface area (Å²) in [5.41, 5.74) is 3.23. The molecule has 2 nitrogen and oxygen atoms in total. The van der Waals surface area contributed by atoms with E-state index in [9.17, 15) is 0 Å². The highest BCUT2D eigenvalue weighted by atomic mass is 32.1. The molecule has 1 saturated carbocycles. The van der Waals surface area contributed by atoms with E-state index in [0.717, 1.165) is 17.5 Å². The second-order valence-electron chi connectivity index (χ2n) is 7.38. The first-order chi connectivity index (χ1) is 9.55. The Labute approximate surface area is 127 Å². The molecule has 3 rings (SSSR count). The van der Waals surface area contributed by atoms with Gasteiger partial charge in [-0.05, 0) is 56.8 Å². The van der Waals surface area contributed by atoms with Gasteiger partial charge in [-0.3, -0.25) is 0 Å². The van der Waals surface area contributed by atoms with Crippen molar-refractivity contribution in [1.82, 2.24) is 9.97 Å². The monoisotopic (exact) mass is 290 g/mol. The summed E-state index contributed by atoms with van der Waals surface area (Å²) in [6.07, 6.45) is 11.3. The standard InChI is InChI=1S/C17H26N2S/c1-17(2)10-8-12(9-11-17)15-18-14-7-5-3-4-6-13(14)16(20)19-15/h12H,3-11H2,1-2H3,(H,18,19,20). The van der Waals surface area contributed by atoms with Gasteiger partial charge in [0.25, 0.3) is 0 Å². The second-order valence-corrected chi connectivity index (χ2v) is 7.77. The highest BCUT2D eigenvalue weighted by molar-refractivity contribution is 7.71. The molecule has 0 bridgehead atoms. The topological polar surface area (TPSA) is 28.7 Å². The zero-order valence-corrected chi connectivity index (χ0v) is 13.6. The van der Waals surface area contributed by atoms with Crippen molar-refractivity contribution in [1.29, 1.82) is 0 Å². The summed E-state index contributed by atoms with van der Waals surface area (Å²) in [4.78, 5) is 8.42. The highest BCUT2D eigenvalue weighted by Crippen LogP contribution is 2.41. The SMILES string of the molecule is CC1(C)CCC(c2nc(=S)c3c([nH]2)CCCCC3)CC1. The molecule has 1 fully saturated rings. The smallest absolute Gasteiger partial charge is 0.133 e. The van der Waals surface area contributed by atoms with Gasteiger partial charge in [-0.1, -0.05) is 32.5 Å². The molecule has 3 heteroatoms. The van der Waals surface area contributed by atoms with Gasteiger partial charge in [-0.25, -0.2) is 4.98 Å². The van der Waals surface area contributed by atoms with Gasteiger partial charge in [0.05, 0.1) is 0 Å². The number of nitrogens with zero attached hydrogens (tertiary/aromatic N) is 1. The molecule has 0 amide bonds. The number of H-pyrrole nitrogens is 1. The third-order valence-electron chi connectivity index (χ3n) is 5.20. The molecule has 0 aliphatic heterocycles. The summed E-state index contributed by atoms with van der Waals surface area (Å²) in [7, 11) is 0. The zero-order chi connectivity index (χ0) is 14.2. The third kappa shape index (κ3) is 2.98. The van der Waals surface area contributed by atoms with E-state index in [1.165, 1.54) is 62.0 Å². The average molecular weight is 290 g/mol. The fraction of sp³-hybridized carbons (Fsp3) is 0.765. The lowest BCUT2D eigenvalue weighted by Crippen LogP contribution is -2.22. The van der Waals surface area contributed by atoms with Crippen molar-refractivity contribution >= 4 is 12.2 Å². The van der Waals surface area contributed by atoms with Crippen molar-refractivity contribution < 1.29 is 0 Å². The van der Waals surface area contributed by atoms with Crippen LogP contribution in [0.25, 0.3) is 0 Å². The Bertz CT molecular complexity index is 534. The zero-order valence-electron chi connectivity index (χ0n) is 12.8. The first kappa shape index (κ1) is 14.2. The minimum Gasteiger partial charge on any atom is -0.347 e. The van der Waals surface area contributed by atoms with Gasteiger partial charge in [0.1, 0.15) is 10.5 Å².